The van der Waals surface area contributed by atoms with Crippen molar-refractivity contribution in [3.8, 4) is 11.8 Å². The van der Waals surface area contributed by atoms with Crippen molar-refractivity contribution >= 4 is 12.1 Å². The van der Waals surface area contributed by atoms with Crippen molar-refractivity contribution < 1.29 is 19.1 Å². The normalized spacial score (nSPS) is 27.9. The van der Waals surface area contributed by atoms with Gasteiger partial charge in [0.1, 0.15) is 0 Å². The number of methoxy groups -OCH3 is 1. The molecule has 0 aromatic heterocycles. The number of likely N-dealkylation sites (tertiary alicyclic amines) is 2. The third-order valence-electron chi connectivity index (χ3n) is 6.89. The minimum Gasteiger partial charge on any atom is -0.453 e. The molecule has 1 saturated carbocycles. The van der Waals surface area contributed by atoms with Crippen LogP contribution in [0.15, 0.2) is 24.3 Å². The van der Waals surface area contributed by atoms with E-state index in [-0.39, 0.29) is 24.0 Å². The van der Waals surface area contributed by atoms with Gasteiger partial charge in [0.2, 0.25) is 0 Å². The highest BCUT2D eigenvalue weighted by Gasteiger charge is 2.53. The molecule has 6 nitrogen and oxygen atoms in total. The van der Waals surface area contributed by atoms with Gasteiger partial charge in [-0.05, 0) is 82.2 Å². The van der Waals surface area contributed by atoms with E-state index in [1.165, 1.54) is 7.11 Å². The molecule has 1 amide bonds. The zero-order chi connectivity index (χ0) is 21.8. The molecule has 2 aliphatic heterocycles. The number of hydrogen-bond donors (Lipinski definition) is 0. The van der Waals surface area contributed by atoms with Crippen LogP contribution in [0, 0.1) is 24.7 Å². The molecule has 0 radical (unpaired) electrons. The van der Waals surface area contributed by atoms with Gasteiger partial charge in [0.15, 0.2) is 5.60 Å². The molecule has 3 fully saturated rings. The molecule has 1 aliphatic carbocycles. The van der Waals surface area contributed by atoms with Crippen molar-refractivity contribution in [2.75, 3.05) is 33.3 Å². The van der Waals surface area contributed by atoms with Crippen LogP contribution in [0.2, 0.25) is 0 Å². The highest BCUT2D eigenvalue weighted by molar-refractivity contribution is 5.73. The number of carbonyl (C=O) groups is 2. The quantitative estimate of drug-likeness (QED) is 0.550. The van der Waals surface area contributed by atoms with E-state index in [0.29, 0.717) is 19.5 Å². The molecule has 166 valence electrons. The summed E-state index contributed by atoms with van der Waals surface area (Å²) in [6.07, 6.45) is 5.16. The number of aryl methyl sites for hydroxylation is 1. The van der Waals surface area contributed by atoms with Crippen molar-refractivity contribution in [2.24, 2.45) is 5.92 Å². The number of benzene rings is 1. The molecule has 3 aliphatic rings. The Hall–Kier alpha value is -2.52. The highest BCUT2D eigenvalue weighted by atomic mass is 16.6. The van der Waals surface area contributed by atoms with Gasteiger partial charge in [-0.1, -0.05) is 18.1 Å². The van der Waals surface area contributed by atoms with E-state index < -0.39 is 5.60 Å². The van der Waals surface area contributed by atoms with E-state index in [1.54, 1.807) is 4.90 Å². The summed E-state index contributed by atoms with van der Waals surface area (Å²) in [4.78, 5) is 29.2. The number of amides is 1. The second kappa shape index (κ2) is 9.32. The van der Waals surface area contributed by atoms with Crippen molar-refractivity contribution in [1.29, 1.82) is 0 Å². The van der Waals surface area contributed by atoms with E-state index in [4.69, 9.17) is 9.47 Å². The Morgan fingerprint density at radius 2 is 1.97 bits per heavy atom. The molecule has 2 saturated heterocycles. The van der Waals surface area contributed by atoms with E-state index in [2.05, 4.69) is 16.7 Å². The number of nitrogens with zero attached hydrogens (tertiary/aromatic N) is 2. The van der Waals surface area contributed by atoms with Crippen LogP contribution in [0.5, 0.6) is 0 Å². The standard InChI is InChI=1S/C25H32N2O4/c1-19-7-5-8-20(17-19)10-13-25(31-23(28)18-26-14-3-4-15-26)12-6-9-22-21(25)11-16-27(22)24(29)30-2/h5,7-8,17,21-22H,3-4,6,9,11-12,14-16,18H2,1-2H3/t21-,22-,25-/m1/s1. The van der Waals surface area contributed by atoms with Crippen LogP contribution in [-0.2, 0) is 14.3 Å². The molecule has 0 N–H and O–H groups in total. The summed E-state index contributed by atoms with van der Waals surface area (Å²) in [6, 6.07) is 8.05. The Labute approximate surface area is 184 Å². The van der Waals surface area contributed by atoms with Gasteiger partial charge >= 0.3 is 12.1 Å². The molecule has 0 bridgehead atoms. The van der Waals surface area contributed by atoms with Crippen LogP contribution >= 0.6 is 0 Å². The van der Waals surface area contributed by atoms with Gasteiger partial charge in [0.05, 0.1) is 13.7 Å². The van der Waals surface area contributed by atoms with Gasteiger partial charge < -0.3 is 14.4 Å². The SMILES string of the molecule is COC(=O)N1CC[C@@H]2[C@H]1CCC[C@]2(C#Cc1cccc(C)c1)OC(=O)CN1CCCC1. The molecule has 3 atom stereocenters. The number of ether oxygens (including phenoxy) is 2. The minimum absolute atomic E-state index is 0.000173. The Kier molecular flexibility index (Phi) is 6.52. The maximum absolute atomic E-state index is 13.0. The monoisotopic (exact) mass is 424 g/mol. The average Bonchev–Trinajstić information content (AvgIpc) is 3.42. The molecule has 1 aromatic carbocycles. The molecule has 0 unspecified atom stereocenters. The van der Waals surface area contributed by atoms with Gasteiger partial charge in [-0.25, -0.2) is 4.79 Å². The lowest BCUT2D eigenvalue weighted by molar-refractivity contribution is -0.163. The van der Waals surface area contributed by atoms with Gasteiger partial charge in [-0.3, -0.25) is 9.69 Å². The number of esters is 1. The van der Waals surface area contributed by atoms with Gasteiger partial charge in [-0.2, -0.15) is 0 Å². The summed E-state index contributed by atoms with van der Waals surface area (Å²) in [7, 11) is 1.42. The highest BCUT2D eigenvalue weighted by Crippen LogP contribution is 2.45. The number of hydrogen-bond acceptors (Lipinski definition) is 5. The first-order valence-electron chi connectivity index (χ1n) is 11.4. The summed E-state index contributed by atoms with van der Waals surface area (Å²) in [6.45, 7) is 4.85. The molecule has 31 heavy (non-hydrogen) atoms. The van der Waals surface area contributed by atoms with E-state index >= 15 is 0 Å². The maximum atomic E-state index is 13.0. The summed E-state index contributed by atoms with van der Waals surface area (Å²) < 4.78 is 11.2. The number of rotatable bonds is 3. The van der Waals surface area contributed by atoms with Crippen LogP contribution < -0.4 is 0 Å². The molecule has 6 heteroatoms. The largest absolute Gasteiger partial charge is 0.453 e. The Balaban J connectivity index is 1.62. The van der Waals surface area contributed by atoms with E-state index in [1.807, 2.05) is 31.2 Å². The van der Waals surface area contributed by atoms with Crippen LogP contribution in [-0.4, -0.2) is 66.8 Å². The third kappa shape index (κ3) is 4.72. The Morgan fingerprint density at radius 3 is 2.71 bits per heavy atom. The fraction of sp³-hybridized carbons (Fsp3) is 0.600. The minimum atomic E-state index is -0.869. The summed E-state index contributed by atoms with van der Waals surface area (Å²) in [5.74, 6) is 6.47. The van der Waals surface area contributed by atoms with Crippen molar-refractivity contribution in [2.45, 2.75) is 57.1 Å². The lowest BCUT2D eigenvalue weighted by Crippen LogP contribution is -2.52. The van der Waals surface area contributed by atoms with Crippen LogP contribution in [0.3, 0.4) is 0 Å². The first-order valence-corrected chi connectivity index (χ1v) is 11.4. The van der Waals surface area contributed by atoms with Crippen molar-refractivity contribution in [3.05, 3.63) is 35.4 Å². The number of carbonyl (C=O) groups excluding carboxylic acids is 2. The zero-order valence-corrected chi connectivity index (χ0v) is 18.6. The van der Waals surface area contributed by atoms with Crippen LogP contribution in [0.4, 0.5) is 4.79 Å². The van der Waals surface area contributed by atoms with E-state index in [9.17, 15) is 9.59 Å². The summed E-state index contributed by atoms with van der Waals surface area (Å²) >= 11 is 0. The lowest BCUT2D eigenvalue weighted by atomic mass is 9.72. The maximum Gasteiger partial charge on any atom is 0.409 e. The number of fused-ring (bicyclic) bond motifs is 1. The fourth-order valence-electron chi connectivity index (χ4n) is 5.42. The van der Waals surface area contributed by atoms with E-state index in [0.717, 1.165) is 56.3 Å². The smallest absolute Gasteiger partial charge is 0.409 e. The summed E-state index contributed by atoms with van der Waals surface area (Å²) in [5, 5.41) is 0. The molecular weight excluding hydrogens is 392 g/mol. The molecule has 4 rings (SSSR count). The topological polar surface area (TPSA) is 59.1 Å². The molecule has 1 aromatic rings. The van der Waals surface area contributed by atoms with Gasteiger partial charge in [-0.15, -0.1) is 0 Å². The Morgan fingerprint density at radius 1 is 1.16 bits per heavy atom. The third-order valence-corrected chi connectivity index (χ3v) is 6.89. The summed E-state index contributed by atoms with van der Waals surface area (Å²) in [5.41, 5.74) is 1.19. The molecule has 2 heterocycles. The first-order chi connectivity index (χ1) is 15.0. The lowest BCUT2D eigenvalue weighted by Gasteiger charge is -2.42. The Bertz CT molecular complexity index is 883. The predicted molar refractivity (Wildman–Crippen MR) is 117 cm³/mol. The van der Waals surface area contributed by atoms with Crippen molar-refractivity contribution in [3.63, 3.8) is 0 Å². The van der Waals surface area contributed by atoms with Crippen molar-refractivity contribution in [1.82, 2.24) is 9.80 Å². The molecule has 0 spiro atoms. The second-order valence-electron chi connectivity index (χ2n) is 8.98. The second-order valence-corrected chi connectivity index (χ2v) is 8.98. The predicted octanol–water partition coefficient (Wildman–Crippen LogP) is 3.37. The fourth-order valence-corrected chi connectivity index (χ4v) is 5.42. The van der Waals surface area contributed by atoms with Crippen LogP contribution in [0.1, 0.15) is 49.7 Å². The van der Waals surface area contributed by atoms with Crippen LogP contribution in [0.25, 0.3) is 0 Å². The van der Waals surface area contributed by atoms with Gasteiger partial charge in [0.25, 0.3) is 0 Å². The first kappa shape index (κ1) is 21.7. The zero-order valence-electron chi connectivity index (χ0n) is 18.6. The average molecular weight is 425 g/mol. The molecular formula is C25H32N2O4. The van der Waals surface area contributed by atoms with Gasteiger partial charge in [0, 0.05) is 24.1 Å².